The first-order valence-electron chi connectivity index (χ1n) is 6.50. The van der Waals surface area contributed by atoms with Gasteiger partial charge in [-0.1, -0.05) is 0 Å². The zero-order valence-corrected chi connectivity index (χ0v) is 11.0. The predicted octanol–water partition coefficient (Wildman–Crippen LogP) is 2.43. The number of carbonyl (C=O) groups is 1. The van der Waals surface area contributed by atoms with E-state index in [2.05, 4.69) is 11.8 Å². The van der Waals surface area contributed by atoms with E-state index in [9.17, 15) is 4.79 Å². The van der Waals surface area contributed by atoms with Crippen molar-refractivity contribution in [3.05, 3.63) is 23.8 Å². The van der Waals surface area contributed by atoms with Gasteiger partial charge in [0.1, 0.15) is 0 Å². The predicted molar refractivity (Wildman–Crippen MR) is 72.9 cm³/mol. The molecule has 4 heteroatoms. The summed E-state index contributed by atoms with van der Waals surface area (Å²) in [6.45, 7) is 5.22. The molecule has 1 saturated carbocycles. The third-order valence-corrected chi connectivity index (χ3v) is 3.19. The Morgan fingerprint density at radius 2 is 2.17 bits per heavy atom. The Balaban J connectivity index is 2.27. The second kappa shape index (κ2) is 5.29. The Morgan fingerprint density at radius 1 is 1.44 bits per heavy atom. The Hall–Kier alpha value is -1.71. The number of carbonyl (C=O) groups excluding carboxylic acids is 1. The Kier molecular flexibility index (Phi) is 3.75. The first-order chi connectivity index (χ1) is 8.67. The van der Waals surface area contributed by atoms with Crippen molar-refractivity contribution in [3.8, 4) is 0 Å². The fourth-order valence-corrected chi connectivity index (χ4v) is 2.15. The largest absolute Gasteiger partial charge is 0.462 e. The summed E-state index contributed by atoms with van der Waals surface area (Å²) in [5.41, 5.74) is 7.83. The smallest absolute Gasteiger partial charge is 0.340 e. The lowest BCUT2D eigenvalue weighted by Crippen LogP contribution is -2.25. The molecule has 98 valence electrons. The Morgan fingerprint density at radius 3 is 2.72 bits per heavy atom. The highest BCUT2D eigenvalue weighted by Gasteiger charge is 2.28. The number of hydrogen-bond acceptors (Lipinski definition) is 4. The lowest BCUT2D eigenvalue weighted by molar-refractivity contribution is 0.0527. The summed E-state index contributed by atoms with van der Waals surface area (Å²) in [7, 11) is 0. The van der Waals surface area contributed by atoms with Crippen LogP contribution in [0.1, 0.15) is 37.0 Å². The zero-order valence-electron chi connectivity index (χ0n) is 11.0. The third-order valence-electron chi connectivity index (χ3n) is 3.19. The fourth-order valence-electron chi connectivity index (χ4n) is 2.15. The molecule has 0 atom stereocenters. The van der Waals surface area contributed by atoms with Crippen LogP contribution < -0.4 is 10.6 Å². The highest BCUT2D eigenvalue weighted by molar-refractivity contribution is 5.96. The van der Waals surface area contributed by atoms with E-state index in [4.69, 9.17) is 10.5 Å². The van der Waals surface area contributed by atoms with Crippen LogP contribution in [0.5, 0.6) is 0 Å². The molecule has 0 radical (unpaired) electrons. The highest BCUT2D eigenvalue weighted by Crippen LogP contribution is 2.32. The van der Waals surface area contributed by atoms with E-state index in [0.717, 1.165) is 12.2 Å². The van der Waals surface area contributed by atoms with Gasteiger partial charge in [-0.3, -0.25) is 0 Å². The minimum Gasteiger partial charge on any atom is -0.462 e. The normalized spacial score (nSPS) is 14.3. The van der Waals surface area contributed by atoms with Crippen molar-refractivity contribution < 1.29 is 9.53 Å². The summed E-state index contributed by atoms with van der Waals surface area (Å²) in [5.74, 6) is -0.344. The molecular formula is C14H20N2O2. The Labute approximate surface area is 108 Å². The molecule has 0 aliphatic heterocycles. The van der Waals surface area contributed by atoms with E-state index in [1.54, 1.807) is 13.0 Å². The van der Waals surface area contributed by atoms with E-state index < -0.39 is 0 Å². The third kappa shape index (κ3) is 2.58. The number of benzene rings is 1. The van der Waals surface area contributed by atoms with Gasteiger partial charge in [-0.2, -0.15) is 0 Å². The van der Waals surface area contributed by atoms with Crippen molar-refractivity contribution in [2.24, 2.45) is 0 Å². The molecule has 2 rings (SSSR count). The SMILES string of the molecule is CCOC(=O)c1cc(N(CC)C2CC2)ccc1N. The molecule has 4 nitrogen and oxygen atoms in total. The van der Waals surface area contributed by atoms with Gasteiger partial charge in [-0.15, -0.1) is 0 Å². The number of nitrogens with two attached hydrogens (primary N) is 1. The second-order valence-corrected chi connectivity index (χ2v) is 4.51. The van der Waals surface area contributed by atoms with Gasteiger partial charge >= 0.3 is 5.97 Å². The van der Waals surface area contributed by atoms with E-state index >= 15 is 0 Å². The fraction of sp³-hybridized carbons (Fsp3) is 0.500. The molecule has 18 heavy (non-hydrogen) atoms. The number of rotatable bonds is 5. The van der Waals surface area contributed by atoms with Gasteiger partial charge in [0.05, 0.1) is 12.2 Å². The number of esters is 1. The lowest BCUT2D eigenvalue weighted by Gasteiger charge is -2.23. The van der Waals surface area contributed by atoms with Gasteiger partial charge < -0.3 is 15.4 Å². The van der Waals surface area contributed by atoms with Crippen LogP contribution in [0.15, 0.2) is 18.2 Å². The van der Waals surface area contributed by atoms with Gasteiger partial charge in [0.15, 0.2) is 0 Å². The minimum absolute atomic E-state index is 0.344. The number of anilines is 2. The maximum absolute atomic E-state index is 11.8. The lowest BCUT2D eigenvalue weighted by atomic mass is 10.1. The summed E-state index contributed by atoms with van der Waals surface area (Å²) < 4.78 is 5.02. The van der Waals surface area contributed by atoms with Crippen molar-refractivity contribution in [1.29, 1.82) is 0 Å². The number of ether oxygens (including phenoxy) is 1. The van der Waals surface area contributed by atoms with E-state index in [1.165, 1.54) is 12.8 Å². The first-order valence-corrected chi connectivity index (χ1v) is 6.50. The van der Waals surface area contributed by atoms with Crippen molar-refractivity contribution in [3.63, 3.8) is 0 Å². The summed E-state index contributed by atoms with van der Waals surface area (Å²) in [6.07, 6.45) is 2.46. The van der Waals surface area contributed by atoms with Crippen molar-refractivity contribution in [2.45, 2.75) is 32.7 Å². The molecule has 2 N–H and O–H groups in total. The second-order valence-electron chi connectivity index (χ2n) is 4.51. The molecule has 0 spiro atoms. The molecule has 0 heterocycles. The number of nitrogens with zero attached hydrogens (tertiary/aromatic N) is 1. The average Bonchev–Trinajstić information content (AvgIpc) is 3.17. The Bertz CT molecular complexity index is 441. The molecule has 1 aromatic carbocycles. The monoisotopic (exact) mass is 248 g/mol. The highest BCUT2D eigenvalue weighted by atomic mass is 16.5. The molecule has 1 aromatic rings. The molecule has 1 aliphatic rings. The quantitative estimate of drug-likeness (QED) is 0.642. The van der Waals surface area contributed by atoms with Crippen LogP contribution in [0.4, 0.5) is 11.4 Å². The summed E-state index contributed by atoms with van der Waals surface area (Å²) in [6, 6.07) is 6.22. The maximum atomic E-state index is 11.8. The van der Waals surface area contributed by atoms with Crippen LogP contribution in [0.3, 0.4) is 0 Å². The number of hydrogen-bond donors (Lipinski definition) is 1. The van der Waals surface area contributed by atoms with Gasteiger partial charge in [-0.25, -0.2) is 4.79 Å². The maximum Gasteiger partial charge on any atom is 0.340 e. The van der Waals surface area contributed by atoms with Crippen LogP contribution in [0, 0.1) is 0 Å². The van der Waals surface area contributed by atoms with E-state index in [-0.39, 0.29) is 5.97 Å². The topological polar surface area (TPSA) is 55.6 Å². The molecule has 1 fully saturated rings. The van der Waals surface area contributed by atoms with Crippen molar-refractivity contribution in [1.82, 2.24) is 0 Å². The molecule has 0 bridgehead atoms. The van der Waals surface area contributed by atoms with Crippen LogP contribution >= 0.6 is 0 Å². The van der Waals surface area contributed by atoms with Gasteiger partial charge in [0, 0.05) is 24.0 Å². The van der Waals surface area contributed by atoms with E-state index in [0.29, 0.717) is 23.9 Å². The summed E-state index contributed by atoms with van der Waals surface area (Å²) >= 11 is 0. The van der Waals surface area contributed by atoms with Crippen LogP contribution in [-0.2, 0) is 4.74 Å². The summed E-state index contributed by atoms with van der Waals surface area (Å²) in [4.78, 5) is 14.1. The van der Waals surface area contributed by atoms with E-state index in [1.807, 2.05) is 12.1 Å². The van der Waals surface area contributed by atoms with Crippen LogP contribution in [-0.4, -0.2) is 25.2 Å². The van der Waals surface area contributed by atoms with Gasteiger partial charge in [0.25, 0.3) is 0 Å². The summed E-state index contributed by atoms with van der Waals surface area (Å²) in [5, 5.41) is 0. The standard InChI is InChI=1S/C14H20N2O2/c1-3-16(10-5-6-10)11-7-8-13(15)12(9-11)14(17)18-4-2/h7-10H,3-6,15H2,1-2H3. The van der Waals surface area contributed by atoms with Crippen molar-refractivity contribution in [2.75, 3.05) is 23.8 Å². The molecular weight excluding hydrogens is 228 g/mol. The molecule has 0 aromatic heterocycles. The van der Waals surface area contributed by atoms with Crippen molar-refractivity contribution >= 4 is 17.3 Å². The molecule has 1 aliphatic carbocycles. The molecule has 0 saturated heterocycles. The number of nitrogen functional groups attached to an aromatic ring is 1. The van der Waals surface area contributed by atoms with Crippen LogP contribution in [0.2, 0.25) is 0 Å². The molecule has 0 unspecified atom stereocenters. The minimum atomic E-state index is -0.344. The van der Waals surface area contributed by atoms with Crippen LogP contribution in [0.25, 0.3) is 0 Å². The zero-order chi connectivity index (χ0) is 13.1. The van der Waals surface area contributed by atoms with Gasteiger partial charge in [0.2, 0.25) is 0 Å². The first kappa shape index (κ1) is 12.7. The molecule has 0 amide bonds. The van der Waals surface area contributed by atoms with Gasteiger partial charge in [-0.05, 0) is 44.9 Å². The average molecular weight is 248 g/mol.